The highest BCUT2D eigenvalue weighted by atomic mass is 32.2. The Kier molecular flexibility index (Phi) is 6.22. The van der Waals surface area contributed by atoms with E-state index in [2.05, 4.69) is 16.4 Å². The monoisotopic (exact) mass is 308 g/mol. The van der Waals surface area contributed by atoms with E-state index in [0.717, 1.165) is 19.3 Å². The number of carbonyl (C=O) groups excluding carboxylic acids is 1. The van der Waals surface area contributed by atoms with E-state index in [0.29, 0.717) is 18.8 Å². The van der Waals surface area contributed by atoms with Gasteiger partial charge in [0.05, 0.1) is 12.2 Å². The quantitative estimate of drug-likeness (QED) is 0.676. The van der Waals surface area contributed by atoms with Gasteiger partial charge in [0.25, 0.3) is 0 Å². The van der Waals surface area contributed by atoms with Crippen LogP contribution in [0.3, 0.4) is 0 Å². The first kappa shape index (κ1) is 17.2. The van der Waals surface area contributed by atoms with Crippen LogP contribution in [0, 0.1) is 5.92 Å². The molecule has 0 bridgehead atoms. The van der Waals surface area contributed by atoms with Gasteiger partial charge < -0.3 is 9.84 Å². The molecule has 3 N–H and O–H groups in total. The molecule has 0 spiro atoms. The molecule has 1 amide bonds. The van der Waals surface area contributed by atoms with Crippen LogP contribution in [0.2, 0.25) is 0 Å². The van der Waals surface area contributed by atoms with E-state index in [-0.39, 0.29) is 13.2 Å². The topological polar surface area (TPSA) is 105 Å². The first-order valence-electron chi connectivity index (χ1n) is 6.97. The summed E-state index contributed by atoms with van der Waals surface area (Å²) < 4.78 is 31.6. The molecule has 1 aliphatic carbocycles. The Balaban J connectivity index is 2.43. The van der Waals surface area contributed by atoms with Gasteiger partial charge in [-0.3, -0.25) is 0 Å². The highest BCUT2D eigenvalue weighted by Gasteiger charge is 2.33. The van der Waals surface area contributed by atoms with Crippen LogP contribution in [0.1, 0.15) is 46.0 Å². The number of hydrogen-bond acceptors (Lipinski definition) is 5. The number of hydrogen-bond donors (Lipinski definition) is 3. The molecule has 20 heavy (non-hydrogen) atoms. The van der Waals surface area contributed by atoms with Crippen molar-refractivity contribution < 1.29 is 23.1 Å². The fourth-order valence-electron chi connectivity index (χ4n) is 2.34. The smallest absolute Gasteiger partial charge is 0.421 e. The fourth-order valence-corrected chi connectivity index (χ4v) is 3.14. The van der Waals surface area contributed by atoms with Gasteiger partial charge in [-0.2, -0.15) is 13.1 Å². The highest BCUT2D eigenvalue weighted by molar-refractivity contribution is 7.88. The van der Waals surface area contributed by atoms with Crippen LogP contribution in [-0.2, 0) is 14.9 Å². The van der Waals surface area contributed by atoms with Crippen LogP contribution < -0.4 is 9.44 Å². The van der Waals surface area contributed by atoms with Gasteiger partial charge >= 0.3 is 16.3 Å². The lowest BCUT2D eigenvalue weighted by molar-refractivity contribution is -0.00450. The normalized spacial score (nSPS) is 27.1. The Labute approximate surface area is 120 Å². The minimum atomic E-state index is -3.99. The molecule has 0 aromatic carbocycles. The number of amides is 1. The van der Waals surface area contributed by atoms with Crippen LogP contribution in [0.5, 0.6) is 0 Å². The molecule has 1 rings (SSSR count). The summed E-state index contributed by atoms with van der Waals surface area (Å²) in [6.45, 7) is 3.68. The predicted molar refractivity (Wildman–Crippen MR) is 74.3 cm³/mol. The molecule has 1 fully saturated rings. The Bertz CT molecular complexity index is 416. The van der Waals surface area contributed by atoms with Crippen molar-refractivity contribution in [3.05, 3.63) is 0 Å². The van der Waals surface area contributed by atoms with Crippen molar-refractivity contribution >= 4 is 16.3 Å². The van der Waals surface area contributed by atoms with Gasteiger partial charge in [0.15, 0.2) is 0 Å². The minimum Gasteiger partial charge on any atom is -0.449 e. The van der Waals surface area contributed by atoms with Gasteiger partial charge in [0.1, 0.15) is 0 Å². The van der Waals surface area contributed by atoms with Gasteiger partial charge in [-0.1, -0.05) is 13.3 Å². The van der Waals surface area contributed by atoms with Gasteiger partial charge in [-0.25, -0.2) is 9.52 Å². The van der Waals surface area contributed by atoms with Crippen molar-refractivity contribution in [3.8, 4) is 0 Å². The summed E-state index contributed by atoms with van der Waals surface area (Å²) in [5.74, 6) is 0.601. The maximum Gasteiger partial charge on any atom is 0.421 e. The Morgan fingerprint density at radius 1 is 1.35 bits per heavy atom. The van der Waals surface area contributed by atoms with Gasteiger partial charge in [-0.15, -0.1) is 0 Å². The summed E-state index contributed by atoms with van der Waals surface area (Å²) in [5.41, 5.74) is -1.03. The summed E-state index contributed by atoms with van der Waals surface area (Å²) in [4.78, 5) is 11.1. The zero-order chi connectivity index (χ0) is 15.2. The summed E-state index contributed by atoms with van der Waals surface area (Å²) in [6, 6.07) is 0. The second-order valence-electron chi connectivity index (χ2n) is 5.22. The van der Waals surface area contributed by atoms with Crippen molar-refractivity contribution in [3.63, 3.8) is 0 Å². The van der Waals surface area contributed by atoms with Gasteiger partial charge in [0.2, 0.25) is 0 Å². The summed E-state index contributed by atoms with van der Waals surface area (Å²) in [5, 5.41) is 10.3. The van der Waals surface area contributed by atoms with Crippen LogP contribution in [0.4, 0.5) is 4.79 Å². The maximum absolute atomic E-state index is 11.6. The predicted octanol–water partition coefficient (Wildman–Crippen LogP) is 0.898. The third kappa shape index (κ3) is 5.64. The van der Waals surface area contributed by atoms with E-state index in [9.17, 15) is 18.3 Å². The number of rotatable bonds is 6. The van der Waals surface area contributed by atoms with E-state index in [4.69, 9.17) is 0 Å². The van der Waals surface area contributed by atoms with Crippen molar-refractivity contribution in [2.45, 2.75) is 51.6 Å². The lowest BCUT2D eigenvalue weighted by Crippen LogP contribution is -2.49. The van der Waals surface area contributed by atoms with E-state index >= 15 is 0 Å². The molecular formula is C12H24N2O5S. The molecule has 1 saturated carbocycles. The zero-order valence-corrected chi connectivity index (χ0v) is 12.8. The van der Waals surface area contributed by atoms with E-state index in [1.807, 2.05) is 0 Å². The molecule has 0 aliphatic heterocycles. The molecule has 0 atom stereocenters. The van der Waals surface area contributed by atoms with E-state index in [1.165, 1.54) is 0 Å². The van der Waals surface area contributed by atoms with Crippen LogP contribution in [0.25, 0.3) is 0 Å². The Hall–Kier alpha value is -0.860. The minimum absolute atomic E-state index is 0.0870. The van der Waals surface area contributed by atoms with Crippen molar-refractivity contribution in [1.29, 1.82) is 0 Å². The molecule has 7 nitrogen and oxygen atoms in total. The second-order valence-corrected chi connectivity index (χ2v) is 6.72. The van der Waals surface area contributed by atoms with Crippen LogP contribution in [0.15, 0.2) is 0 Å². The van der Waals surface area contributed by atoms with Crippen molar-refractivity contribution in [2.75, 3.05) is 13.2 Å². The van der Waals surface area contributed by atoms with Gasteiger partial charge in [-0.05, 0) is 38.5 Å². The number of aliphatic hydroxyl groups is 1. The van der Waals surface area contributed by atoms with Crippen molar-refractivity contribution in [1.82, 2.24) is 9.44 Å². The molecule has 0 heterocycles. The summed E-state index contributed by atoms with van der Waals surface area (Å²) in [7, 11) is -3.99. The molecule has 0 aromatic heterocycles. The van der Waals surface area contributed by atoms with Crippen LogP contribution in [-0.4, -0.2) is 38.4 Å². The number of nitrogens with one attached hydrogen (secondary N) is 2. The lowest BCUT2D eigenvalue weighted by Gasteiger charge is -2.35. The third-order valence-corrected chi connectivity index (χ3v) is 4.66. The van der Waals surface area contributed by atoms with Gasteiger partial charge in [0, 0.05) is 6.54 Å². The fraction of sp³-hybridized carbons (Fsp3) is 0.917. The molecule has 0 aromatic rings. The van der Waals surface area contributed by atoms with Crippen molar-refractivity contribution in [2.24, 2.45) is 5.92 Å². The number of ether oxygens (including phenoxy) is 1. The summed E-state index contributed by atoms with van der Waals surface area (Å²) in [6.07, 6.45) is 2.95. The molecule has 8 heteroatoms. The molecule has 0 radical (unpaired) electrons. The molecule has 118 valence electrons. The first-order valence-corrected chi connectivity index (χ1v) is 8.45. The Morgan fingerprint density at radius 3 is 2.45 bits per heavy atom. The third-order valence-electron chi connectivity index (χ3n) is 3.70. The molecule has 1 aliphatic rings. The first-order chi connectivity index (χ1) is 9.30. The van der Waals surface area contributed by atoms with Crippen LogP contribution >= 0.6 is 0 Å². The number of carbonyl (C=O) groups is 1. The molecule has 0 unspecified atom stereocenters. The second kappa shape index (κ2) is 7.24. The zero-order valence-electron chi connectivity index (χ0n) is 12.0. The standard InChI is InChI=1S/C12H24N2O5S/c1-3-10-5-7-12(16,8-6-10)9-13-20(17,18)14-11(15)19-4-2/h10,13,16H,3-9H2,1-2H3,(H,14,15). The van der Waals surface area contributed by atoms with E-state index < -0.39 is 21.9 Å². The highest BCUT2D eigenvalue weighted by Crippen LogP contribution is 2.33. The Morgan fingerprint density at radius 2 is 1.95 bits per heavy atom. The maximum atomic E-state index is 11.6. The molecular weight excluding hydrogens is 284 g/mol. The molecule has 0 saturated heterocycles. The average molecular weight is 308 g/mol. The lowest BCUT2D eigenvalue weighted by atomic mass is 9.78. The summed E-state index contributed by atoms with van der Waals surface area (Å²) >= 11 is 0. The average Bonchev–Trinajstić information content (AvgIpc) is 2.37. The SMILES string of the molecule is CCOC(=O)NS(=O)(=O)NCC1(O)CCC(CC)CC1. The largest absolute Gasteiger partial charge is 0.449 e. The van der Waals surface area contributed by atoms with E-state index in [1.54, 1.807) is 11.6 Å².